The molecule has 0 spiro atoms. The summed E-state index contributed by atoms with van der Waals surface area (Å²) >= 11 is 6.63. The maximum absolute atomic E-state index is 13.2. The second-order valence-corrected chi connectivity index (χ2v) is 13.5. The Labute approximate surface area is 309 Å². The second-order valence-electron chi connectivity index (χ2n) is 13.2. The van der Waals surface area contributed by atoms with E-state index < -0.39 is 0 Å². The van der Waals surface area contributed by atoms with Gasteiger partial charge in [-0.15, -0.1) is 0 Å². The largest absolute Gasteiger partial charge is 0.496 e. The highest BCUT2D eigenvalue weighted by Crippen LogP contribution is 2.42. The van der Waals surface area contributed by atoms with Gasteiger partial charge in [0.1, 0.15) is 17.3 Å². The molecule has 1 amide bonds. The molecule has 1 aromatic heterocycles. The number of halogens is 1. The van der Waals surface area contributed by atoms with Crippen LogP contribution in [0.15, 0.2) is 48.5 Å². The number of benzene rings is 3. The topological polar surface area (TPSA) is 94.7 Å². The van der Waals surface area contributed by atoms with Gasteiger partial charge in [0.05, 0.1) is 45.7 Å². The molecule has 3 aromatic carbocycles. The molecular formula is C42H56ClN3O5. The van der Waals surface area contributed by atoms with Crippen molar-refractivity contribution < 1.29 is 23.7 Å². The summed E-state index contributed by atoms with van der Waals surface area (Å²) in [6.45, 7) is 11.2. The van der Waals surface area contributed by atoms with Crippen LogP contribution in [0.3, 0.4) is 0 Å². The number of carbonyl (C=O) groups is 1. The van der Waals surface area contributed by atoms with E-state index in [2.05, 4.69) is 81.3 Å². The Morgan fingerprint density at radius 3 is 1.90 bits per heavy atom. The Hall–Kier alpha value is -4.17. The van der Waals surface area contributed by atoms with Gasteiger partial charge in [-0.2, -0.15) is 0 Å². The van der Waals surface area contributed by atoms with Crippen LogP contribution in [0.5, 0.6) is 23.0 Å². The summed E-state index contributed by atoms with van der Waals surface area (Å²) in [6.07, 6.45) is 5.36. The van der Waals surface area contributed by atoms with E-state index in [1.807, 2.05) is 12.1 Å². The highest BCUT2D eigenvalue weighted by Gasteiger charge is 2.29. The maximum atomic E-state index is 13.2. The number of rotatable bonds is 19. The number of hydrogen-bond donors (Lipinski definition) is 2. The number of amides is 1. The second kappa shape index (κ2) is 18.9. The quantitative estimate of drug-likeness (QED) is 0.100. The van der Waals surface area contributed by atoms with Crippen molar-refractivity contribution in [3.63, 3.8) is 0 Å². The van der Waals surface area contributed by atoms with Gasteiger partial charge >= 0.3 is 0 Å². The Morgan fingerprint density at radius 1 is 0.804 bits per heavy atom. The van der Waals surface area contributed by atoms with Crippen molar-refractivity contribution in [1.29, 1.82) is 0 Å². The summed E-state index contributed by atoms with van der Waals surface area (Å²) in [7, 11) is 6.63. The molecule has 0 radical (unpaired) electrons. The number of ether oxygens (including phenoxy) is 4. The first kappa shape index (κ1) is 39.6. The van der Waals surface area contributed by atoms with Crippen molar-refractivity contribution in [3.8, 4) is 23.0 Å². The fourth-order valence-electron chi connectivity index (χ4n) is 6.97. The number of carbonyl (C=O) groups excluding carboxylic acids is 1. The van der Waals surface area contributed by atoms with E-state index in [-0.39, 0.29) is 23.7 Å². The fraction of sp³-hybridized carbons (Fsp3) is 0.476. The monoisotopic (exact) mass is 717 g/mol. The molecule has 1 heterocycles. The van der Waals surface area contributed by atoms with E-state index in [9.17, 15) is 4.79 Å². The van der Waals surface area contributed by atoms with Crippen molar-refractivity contribution in [2.24, 2.45) is 5.92 Å². The van der Waals surface area contributed by atoms with Crippen LogP contribution in [-0.4, -0.2) is 44.3 Å². The van der Waals surface area contributed by atoms with Crippen LogP contribution in [-0.2, 0) is 30.6 Å². The lowest BCUT2D eigenvalue weighted by Crippen LogP contribution is -2.24. The molecule has 0 aliphatic rings. The summed E-state index contributed by atoms with van der Waals surface area (Å²) in [5.74, 6) is 3.77. The third kappa shape index (κ3) is 9.39. The van der Waals surface area contributed by atoms with Crippen LogP contribution in [0.1, 0.15) is 117 Å². The molecule has 0 saturated carbocycles. The SMILES string of the molecule is CCc1ccc(OC)c(C(CC)c2nc(CNC(=O)CCC(C)Cc3ccc(OC)c(OC)c3Cl)[nH]c2C(CC)c2cc(CC)ccc2OC)c1. The highest BCUT2D eigenvalue weighted by molar-refractivity contribution is 6.33. The zero-order chi connectivity index (χ0) is 37.1. The smallest absolute Gasteiger partial charge is 0.220 e. The first-order valence-corrected chi connectivity index (χ1v) is 18.6. The summed E-state index contributed by atoms with van der Waals surface area (Å²) < 4.78 is 22.6. The average Bonchev–Trinajstić information content (AvgIpc) is 3.57. The van der Waals surface area contributed by atoms with Gasteiger partial charge in [0.25, 0.3) is 0 Å². The molecule has 51 heavy (non-hydrogen) atoms. The third-order valence-corrected chi connectivity index (χ3v) is 10.3. The van der Waals surface area contributed by atoms with Crippen LogP contribution in [0.4, 0.5) is 0 Å². The van der Waals surface area contributed by atoms with Crippen molar-refractivity contribution >= 4 is 17.5 Å². The van der Waals surface area contributed by atoms with Crippen molar-refractivity contribution in [1.82, 2.24) is 15.3 Å². The van der Waals surface area contributed by atoms with Gasteiger partial charge in [0.15, 0.2) is 11.5 Å². The van der Waals surface area contributed by atoms with E-state index in [1.165, 1.54) is 11.1 Å². The number of methoxy groups -OCH3 is 4. The van der Waals surface area contributed by atoms with Gasteiger partial charge in [-0.3, -0.25) is 4.79 Å². The minimum absolute atomic E-state index is 0.0112. The molecule has 3 unspecified atom stereocenters. The Balaban J connectivity index is 1.60. The molecule has 2 N–H and O–H groups in total. The summed E-state index contributed by atoms with van der Waals surface area (Å²) in [4.78, 5) is 22.1. The minimum atomic E-state index is -0.0199. The number of aromatic nitrogens is 2. The van der Waals surface area contributed by atoms with Gasteiger partial charge in [-0.25, -0.2) is 4.98 Å². The molecule has 4 aromatic rings. The Morgan fingerprint density at radius 2 is 1.37 bits per heavy atom. The summed E-state index contributed by atoms with van der Waals surface area (Å²) in [5, 5.41) is 3.68. The zero-order valence-corrected chi connectivity index (χ0v) is 32.6. The number of nitrogens with one attached hydrogen (secondary N) is 2. The third-order valence-electron chi connectivity index (χ3n) is 9.91. The normalized spacial score (nSPS) is 13.0. The first-order chi connectivity index (χ1) is 24.7. The highest BCUT2D eigenvalue weighted by atomic mass is 35.5. The number of hydrogen-bond acceptors (Lipinski definition) is 6. The summed E-state index contributed by atoms with van der Waals surface area (Å²) in [5.41, 5.74) is 7.75. The van der Waals surface area contributed by atoms with Crippen LogP contribution in [0, 0.1) is 5.92 Å². The number of aryl methyl sites for hydroxylation is 2. The standard InChI is InChI=1S/C42H56ClN3O5/c1-10-27-15-18-34(48-6)32(23-27)30(12-3)40-41(31(13-4)33-24-28(11-2)16-19-35(33)49-7)46-37(45-40)25-44-38(47)21-14-26(5)22-29-17-20-36(50-8)42(51-9)39(29)43/h15-20,23-24,26,30-31H,10-14,21-22,25H2,1-9H3,(H,44,47)(H,45,46). The molecular weight excluding hydrogens is 662 g/mol. The van der Waals surface area contributed by atoms with Gasteiger partial charge < -0.3 is 29.2 Å². The molecule has 8 nitrogen and oxygen atoms in total. The fourth-order valence-corrected chi connectivity index (χ4v) is 7.28. The average molecular weight is 718 g/mol. The molecule has 0 saturated heterocycles. The number of imidazole rings is 1. The lowest BCUT2D eigenvalue weighted by molar-refractivity contribution is -0.121. The molecule has 4 rings (SSSR count). The van der Waals surface area contributed by atoms with Crippen molar-refractivity contribution in [2.45, 2.75) is 97.9 Å². The van der Waals surface area contributed by atoms with Gasteiger partial charge in [-0.05, 0) is 79.3 Å². The van der Waals surface area contributed by atoms with Crippen molar-refractivity contribution in [3.05, 3.63) is 98.6 Å². The Bertz CT molecular complexity index is 1670. The lowest BCUT2D eigenvalue weighted by Gasteiger charge is -2.23. The van der Waals surface area contributed by atoms with E-state index in [0.717, 1.165) is 77.5 Å². The van der Waals surface area contributed by atoms with Gasteiger partial charge in [0.2, 0.25) is 5.91 Å². The van der Waals surface area contributed by atoms with E-state index in [0.29, 0.717) is 35.9 Å². The molecule has 0 aliphatic heterocycles. The molecule has 9 heteroatoms. The molecule has 0 bridgehead atoms. The summed E-state index contributed by atoms with van der Waals surface area (Å²) in [6, 6.07) is 16.7. The van der Waals surface area contributed by atoms with Gasteiger partial charge in [0, 0.05) is 35.1 Å². The van der Waals surface area contributed by atoms with Crippen LogP contribution in [0.25, 0.3) is 0 Å². The predicted molar refractivity (Wildman–Crippen MR) is 206 cm³/mol. The zero-order valence-electron chi connectivity index (χ0n) is 31.9. The molecule has 3 atom stereocenters. The number of H-pyrrole nitrogens is 1. The van der Waals surface area contributed by atoms with E-state index in [1.54, 1.807) is 28.4 Å². The van der Waals surface area contributed by atoms with Crippen LogP contribution < -0.4 is 24.3 Å². The van der Waals surface area contributed by atoms with Crippen LogP contribution >= 0.6 is 11.6 Å². The molecule has 0 fully saturated rings. The number of aromatic amines is 1. The molecule has 0 aliphatic carbocycles. The van der Waals surface area contributed by atoms with E-state index in [4.69, 9.17) is 35.5 Å². The van der Waals surface area contributed by atoms with Crippen molar-refractivity contribution in [2.75, 3.05) is 28.4 Å². The molecule has 276 valence electrons. The number of nitrogens with zero attached hydrogens (tertiary/aromatic N) is 1. The van der Waals surface area contributed by atoms with Gasteiger partial charge in [-0.1, -0.05) is 76.6 Å². The first-order valence-electron chi connectivity index (χ1n) is 18.2. The lowest BCUT2D eigenvalue weighted by atomic mass is 9.84. The maximum Gasteiger partial charge on any atom is 0.220 e. The Kier molecular flexibility index (Phi) is 14.7. The predicted octanol–water partition coefficient (Wildman–Crippen LogP) is 9.58. The van der Waals surface area contributed by atoms with Crippen LogP contribution in [0.2, 0.25) is 5.02 Å². The van der Waals surface area contributed by atoms with E-state index >= 15 is 0 Å². The minimum Gasteiger partial charge on any atom is -0.496 e.